The summed E-state index contributed by atoms with van der Waals surface area (Å²) >= 11 is 123. The maximum atomic E-state index is 13.2. The van der Waals surface area contributed by atoms with Gasteiger partial charge in [0, 0.05) is 47.7 Å². The first-order chi connectivity index (χ1) is 53.2. The fraction of sp³-hybridized carbons (Fsp3) is 0.0323. The number of anilines is 1. The van der Waals surface area contributed by atoms with Crippen LogP contribution in [0, 0.1) is 24.8 Å². The van der Waals surface area contributed by atoms with Gasteiger partial charge >= 0.3 is 939 Å². The van der Waals surface area contributed by atoms with Gasteiger partial charge in [-0.05, 0) is 48.5 Å². The predicted octanol–water partition coefficient (Wildman–Crippen LogP) is 70.3. The van der Waals surface area contributed by atoms with Gasteiger partial charge in [0.05, 0.1) is 29.9 Å². The molecule has 0 aliphatic rings. The summed E-state index contributed by atoms with van der Waals surface area (Å²) in [6.45, 7) is 13.2. The molecule has 0 bridgehead atoms. The number of rotatable bonds is 35. The van der Waals surface area contributed by atoms with Crippen LogP contribution in [0.2, 0.25) is 0 Å². The quantitative estimate of drug-likeness (QED) is 0.0301. The maximum absolute atomic E-state index is 13.2. The van der Waals surface area contributed by atoms with Crippen LogP contribution in [-0.4, -0.2) is 34.9 Å². The van der Waals surface area contributed by atoms with E-state index >= 15 is 0 Å². The third kappa shape index (κ3) is 59.8. The molecular formula is C31H25BrF2I70N10O. The summed E-state index contributed by atoms with van der Waals surface area (Å²) in [6, 6.07) is 19.8. The minimum Gasteiger partial charge on any atom is -0.380 e. The number of H-pyrrole nitrogens is 1. The molecule has 0 aliphatic heterocycles. The average Bonchev–Trinajstić information content (AvgIpc) is 1.79. The third-order valence-electron chi connectivity index (χ3n) is 8.20. The Morgan fingerprint density at radius 2 is 0.617 bits per heavy atom. The largest absolute Gasteiger partial charge is 0.380 e. The van der Waals surface area contributed by atoms with E-state index in [1.807, 2.05) is 36.5 Å². The number of hydrogen-bond donors (Lipinski definition) is 2. The predicted molar refractivity (Wildman–Crippen MR) is 1150 cm³/mol. The Labute approximate surface area is 1150 Å². The summed E-state index contributed by atoms with van der Waals surface area (Å²) in [7, 11) is -19.6. The van der Waals surface area contributed by atoms with Crippen molar-refractivity contribution in [3.63, 3.8) is 0 Å². The fourth-order valence-corrected chi connectivity index (χ4v) is 13400. The Hall–Kier alpha value is 45.0. The number of nitrogens with zero attached hydrogens (tertiary/aromatic N) is 8. The van der Waals surface area contributed by atoms with Gasteiger partial charge in [-0.1, -0.05) is 46.7 Å². The summed E-state index contributed by atoms with van der Waals surface area (Å²) in [5.41, 5.74) is 7.90. The number of halogens is 73. The molecule has 11 nitrogen and oxygen atoms in total. The van der Waals surface area contributed by atoms with E-state index in [9.17, 15) is 8.78 Å². The molecule has 0 unspecified atom stereocenters. The summed E-state index contributed by atoms with van der Waals surface area (Å²) in [6.07, 6.45) is 10.4. The van der Waals surface area contributed by atoms with Gasteiger partial charge < -0.3 is 10.3 Å². The van der Waals surface area contributed by atoms with Gasteiger partial charge in [0.2, 0.25) is 11.4 Å². The van der Waals surface area contributed by atoms with Crippen molar-refractivity contribution < 1.29 is 13.3 Å². The van der Waals surface area contributed by atoms with E-state index < -0.39 is 280 Å². The molecule has 0 saturated heterocycles. The standard InChI is InChI=1S/C10H6FN3.C10H8N4O.C7H3BrFN.C3H4N2.CH4.I70/c1-12-10-4-3-8(7-9(10)11)14-6-2-5-13-14;11-10-8-3-2-7(6-9(8)15-13-10)14-5-1-4-12-14;1-10-7-3-2-5(8)4-6(7)9;1-2-4-5-3-1;;1-37(2)39(5)41(7)43(9)45(11)47(13)49(15)51(17)53(19)55(21)57(23)59(25)61(27)63(29)65(31)67(33)69(35)70(36)68(34)66(32)64(30)62(28)60(26)58(24)56(22)54(20)52(18)50(16)48(14)46(12)44(10)42(8)40(6)38(3)4/h2-7H;1-6H,(H2,11,13);2-4H;1-3H,(H,4,5);1H4;. The number of fused-ring (bicyclic) bond motifs is 1. The van der Waals surface area contributed by atoms with Crippen molar-refractivity contribution >= 4 is 983 Å². The maximum Gasteiger partial charge on any atom is 0.222 e. The van der Waals surface area contributed by atoms with Gasteiger partial charge in [0.15, 0.2) is 11.4 Å². The number of nitrogens with two attached hydrogens (primary N) is 1. The van der Waals surface area contributed by atoms with Crippen LogP contribution in [-0.2, 0) is 0 Å². The van der Waals surface area contributed by atoms with Crippen molar-refractivity contribution in [2.45, 2.75) is 7.43 Å². The van der Waals surface area contributed by atoms with E-state index in [1.54, 1.807) is 53.9 Å². The fourth-order valence-electron chi connectivity index (χ4n) is 4.43. The molecule has 115 heavy (non-hydrogen) atoms. The van der Waals surface area contributed by atoms with E-state index in [-0.39, 0.29) is 18.8 Å². The monoisotopic (exact) mass is 9550 g/mol. The summed E-state index contributed by atoms with van der Waals surface area (Å²) in [5, 5.41) is 18.8. The summed E-state index contributed by atoms with van der Waals surface area (Å²) in [4.78, 5) is 6.00. The zero-order valence-corrected chi connectivity index (χ0v) is 202. The molecular weight excluding hydrogens is 9530 g/mol. The van der Waals surface area contributed by atoms with E-state index in [2.05, 4.69) is 721 Å². The van der Waals surface area contributed by atoms with Crippen molar-refractivity contribution in [2.75, 3.05) is 5.73 Å². The molecule has 716 valence electrons. The molecule has 0 fully saturated rings. The molecule has 4 heterocycles. The van der Waals surface area contributed by atoms with Crippen LogP contribution in [0.25, 0.3) is 32.0 Å². The Balaban J connectivity index is 0.000000770. The molecule has 3 aromatic carbocycles. The zero-order chi connectivity index (χ0) is 86.9. The second-order valence-electron chi connectivity index (χ2n) is 13.9. The second kappa shape index (κ2) is 90.9. The van der Waals surface area contributed by atoms with E-state index in [1.165, 1.54) is 28.9 Å². The van der Waals surface area contributed by atoms with Crippen LogP contribution >= 0.6 is 955 Å². The molecule has 7 rings (SSSR count). The SMILES string of the molecule is C.II(I)I(I)I(I)I(I)I(I)I(I)I(I)I(I)I(I)I(I)I(I)I(I)I(I)I(I)I(I)I(I)I(I)I(I)I(I)I(I)I(I)I(I)I(I)I(I)I(I)I(I)I(I)I(I)I(I)I(I)I(I)I(I)I(I)I(I)I.Nc1noc2cc(-n3cccn3)ccc12.[C-]#[N+]c1ccc(-n2cccn2)cc1F.[C-]#[N+]c1ccc(Br)cc1F.c1cn[nH]c1. The molecule has 0 aliphatic carbocycles. The molecule has 84 heteroatoms. The number of hydrogen-bond acceptors (Lipinski definition) is 6. The normalized spacial score (nSPS) is 15.3. The minimum atomic E-state index is -0.622. The van der Waals surface area contributed by atoms with Gasteiger partial charge in [0.1, 0.15) is 11.6 Å². The number of nitrogens with one attached hydrogen (secondary N) is 1. The van der Waals surface area contributed by atoms with Gasteiger partial charge in [-0.25, -0.2) is 27.8 Å². The summed E-state index contributed by atoms with van der Waals surface area (Å²) < 4.78 is 34.8. The second-order valence-corrected chi connectivity index (χ2v) is 1670. The van der Waals surface area contributed by atoms with Gasteiger partial charge in [-0.2, -0.15) is 15.3 Å². The number of benzene rings is 3. The molecule has 3 N–H and O–H groups in total. The van der Waals surface area contributed by atoms with Crippen LogP contribution in [0.1, 0.15) is 7.43 Å². The van der Waals surface area contributed by atoms with Crippen molar-refractivity contribution in [2.24, 2.45) is 0 Å². The molecule has 7 aromatic rings. The summed E-state index contributed by atoms with van der Waals surface area (Å²) in [5.74, 6) is -0.589. The van der Waals surface area contributed by atoms with E-state index in [0.29, 0.717) is 21.6 Å². The van der Waals surface area contributed by atoms with Crippen molar-refractivity contribution in [1.82, 2.24) is 34.9 Å². The number of aromatic amines is 1. The van der Waals surface area contributed by atoms with E-state index in [4.69, 9.17) is 23.4 Å². The number of aromatic nitrogens is 7. The van der Waals surface area contributed by atoms with Crippen molar-refractivity contribution in [3.8, 4) is 11.4 Å². The first kappa shape index (κ1) is 156. The Bertz CT molecular complexity index is 3830. The minimum absolute atomic E-state index is 0. The molecule has 4 aromatic heterocycles. The average molecular weight is 9550 g/mol. The third-order valence-corrected chi connectivity index (χ3v) is 5460. The smallest absolute Gasteiger partial charge is 0.222 e. The number of nitrogen functional groups attached to an aromatic ring is 1. The van der Waals surface area contributed by atoms with Crippen LogP contribution < -0.4 is 5.73 Å². The Kier molecular flexibility index (Phi) is 123. The molecule has 0 atom stereocenters. The van der Waals surface area contributed by atoms with Crippen molar-refractivity contribution in [3.05, 3.63) is 149 Å². The van der Waals surface area contributed by atoms with E-state index in [0.717, 1.165) is 11.1 Å². The van der Waals surface area contributed by atoms with Crippen molar-refractivity contribution in [1.29, 1.82) is 0 Å². The first-order valence-electron chi connectivity index (χ1n) is 22.3. The van der Waals surface area contributed by atoms with Crippen LogP contribution in [0.15, 0.2) is 119 Å². The first-order valence-corrected chi connectivity index (χ1v) is 457. The topological polar surface area (TPSA) is 125 Å². The van der Waals surface area contributed by atoms with Gasteiger partial charge in [0.25, 0.3) is 0 Å². The molecule has 0 radical (unpaired) electrons. The van der Waals surface area contributed by atoms with Gasteiger partial charge in [-0.15, -0.1) is 0 Å². The van der Waals surface area contributed by atoms with Gasteiger partial charge in [-0.3, -0.25) is 5.10 Å². The van der Waals surface area contributed by atoms with Crippen LogP contribution in [0.5, 0.6) is 0 Å². The Morgan fingerprint density at radius 1 is 0.357 bits per heavy atom. The zero-order valence-electron chi connectivity index (χ0n) is 49.0. The molecule has 0 saturated carbocycles. The van der Waals surface area contributed by atoms with Crippen LogP contribution in [0.3, 0.4) is 0 Å². The van der Waals surface area contributed by atoms with Crippen LogP contribution in [0.4, 0.5) is 26.0 Å². The molecule has 0 amide bonds. The molecule has 0 spiro atoms. The Morgan fingerprint density at radius 3 is 0.835 bits per heavy atom.